The van der Waals surface area contributed by atoms with Gasteiger partial charge in [0.2, 0.25) is 0 Å². The normalized spacial score (nSPS) is 18.9. The first-order valence-electron chi connectivity index (χ1n) is 22.5. The minimum absolute atomic E-state index is 0.0616. The van der Waals surface area contributed by atoms with Gasteiger partial charge in [-0.15, -0.1) is 0 Å². The summed E-state index contributed by atoms with van der Waals surface area (Å²) in [6.45, 7) is 13.3. The molecule has 2 aliphatic rings. The van der Waals surface area contributed by atoms with E-state index in [1.807, 2.05) is 6.92 Å². The Morgan fingerprint density at radius 2 is 1.10 bits per heavy atom. The number of aromatic nitrogens is 2. The van der Waals surface area contributed by atoms with E-state index in [1.165, 1.54) is 53.2 Å². The molecule has 2 fully saturated rings. The standard InChI is InChI=1S/C53H60N4O4/c1-8-11-32-54-51(58)50(52(59)57(53(54)60)36(6)33-61-7)47-39(28-30-43-41-22-12-18-37-20-14-24-45(48(37)41)55(43)34(4)16-9-2)26-27-40(47)29-31-44-42-23-13-19-38-21-15-25-46(49(38)42)56(44)35(5)17-10-3/h12-15,18-25,28-31,34-36H,8-11,16-17,26-27,32-33H2,1-7H3/b39-28+,40-29+,43-30+,44-31+,50-47?. The van der Waals surface area contributed by atoms with E-state index < -0.39 is 23.9 Å². The SMILES string of the molecule is CCCCN1C(=O)C(=C2/C(=C/C=c3\c4cccc5cccc(c54)n3C(C)CCC)CC/C2=C\C=c2/c3cccc4cccc(c43)n2C(C)CCC)C(=O)N(C(C)COC)C1=O. The molecule has 1 aliphatic heterocycles. The highest BCUT2D eigenvalue weighted by atomic mass is 16.5. The number of urea groups is 1. The highest BCUT2D eigenvalue weighted by Crippen LogP contribution is 2.41. The third kappa shape index (κ3) is 7.33. The van der Waals surface area contributed by atoms with Crippen molar-refractivity contribution in [2.45, 2.75) is 111 Å². The van der Waals surface area contributed by atoms with Gasteiger partial charge in [0, 0.05) is 69.0 Å². The maximum absolute atomic E-state index is 14.9. The zero-order valence-electron chi connectivity index (χ0n) is 37.0. The lowest BCUT2D eigenvalue weighted by atomic mass is 9.94. The Hall–Kier alpha value is -5.73. The molecule has 3 heterocycles. The van der Waals surface area contributed by atoms with E-state index in [9.17, 15) is 14.4 Å². The van der Waals surface area contributed by atoms with Gasteiger partial charge >= 0.3 is 6.03 Å². The number of imide groups is 2. The molecule has 1 saturated heterocycles. The number of nitrogens with zero attached hydrogens (tertiary/aromatic N) is 4. The molecule has 8 heteroatoms. The van der Waals surface area contributed by atoms with E-state index >= 15 is 0 Å². The molecule has 2 aromatic heterocycles. The van der Waals surface area contributed by atoms with Crippen LogP contribution in [0.5, 0.6) is 0 Å². The second-order valence-electron chi connectivity index (χ2n) is 17.2. The summed E-state index contributed by atoms with van der Waals surface area (Å²) < 4.78 is 10.4. The Morgan fingerprint density at radius 3 is 1.56 bits per heavy atom. The fraction of sp³-hybridized carbons (Fsp3) is 0.377. The largest absolute Gasteiger partial charge is 0.383 e. The third-order valence-electron chi connectivity index (χ3n) is 13.0. The van der Waals surface area contributed by atoms with E-state index in [-0.39, 0.29) is 30.8 Å². The molecule has 4 aromatic carbocycles. The summed E-state index contributed by atoms with van der Waals surface area (Å²) in [5.41, 5.74) is 4.93. The summed E-state index contributed by atoms with van der Waals surface area (Å²) in [7, 11) is 1.56. The van der Waals surface area contributed by atoms with Crippen LogP contribution in [0.3, 0.4) is 0 Å². The molecule has 0 bridgehead atoms. The number of benzene rings is 4. The number of carbonyl (C=O) groups excluding carboxylic acids is 3. The average Bonchev–Trinajstić information content (AvgIpc) is 3.91. The van der Waals surface area contributed by atoms with Crippen LogP contribution < -0.4 is 10.7 Å². The number of rotatable bonds is 14. The van der Waals surface area contributed by atoms with Crippen molar-refractivity contribution < 1.29 is 19.1 Å². The third-order valence-corrected chi connectivity index (χ3v) is 13.0. The lowest BCUT2D eigenvalue weighted by molar-refractivity contribution is -0.137. The zero-order chi connectivity index (χ0) is 42.9. The van der Waals surface area contributed by atoms with E-state index in [0.717, 1.165) is 53.9 Å². The zero-order valence-corrected chi connectivity index (χ0v) is 37.0. The highest BCUT2D eigenvalue weighted by molar-refractivity contribution is 6.30. The molecule has 3 unspecified atom stereocenters. The van der Waals surface area contributed by atoms with Crippen LogP contribution in [0, 0.1) is 0 Å². The predicted molar refractivity (Wildman–Crippen MR) is 250 cm³/mol. The van der Waals surface area contributed by atoms with Crippen molar-refractivity contribution in [3.8, 4) is 0 Å². The van der Waals surface area contributed by atoms with Crippen LogP contribution >= 0.6 is 0 Å². The Balaban J connectivity index is 1.41. The molecule has 8 nitrogen and oxygen atoms in total. The molecule has 8 rings (SSSR count). The Kier molecular flexibility index (Phi) is 12.2. The number of amides is 4. The van der Waals surface area contributed by atoms with Crippen molar-refractivity contribution in [2.24, 2.45) is 0 Å². The van der Waals surface area contributed by atoms with Crippen molar-refractivity contribution in [2.75, 3.05) is 20.3 Å². The summed E-state index contributed by atoms with van der Waals surface area (Å²) >= 11 is 0. The number of allylic oxidation sites excluding steroid dienone is 5. The smallest absolute Gasteiger partial charge is 0.334 e. The topological polar surface area (TPSA) is 76.8 Å². The molecule has 0 radical (unpaired) electrons. The van der Waals surface area contributed by atoms with Crippen molar-refractivity contribution in [3.05, 3.63) is 118 Å². The Morgan fingerprint density at radius 1 is 0.607 bits per heavy atom. The fourth-order valence-electron chi connectivity index (χ4n) is 10.2. The average molecular weight is 817 g/mol. The number of barbiturate groups is 1. The van der Waals surface area contributed by atoms with Gasteiger partial charge in [-0.1, -0.05) is 113 Å². The summed E-state index contributed by atoms with van der Waals surface area (Å²) in [6, 6.07) is 25.4. The summed E-state index contributed by atoms with van der Waals surface area (Å²) in [5, 5.41) is 9.47. The van der Waals surface area contributed by atoms with Crippen molar-refractivity contribution in [3.63, 3.8) is 0 Å². The van der Waals surface area contributed by atoms with Gasteiger partial charge in [-0.3, -0.25) is 19.4 Å². The van der Waals surface area contributed by atoms with Gasteiger partial charge in [-0.2, -0.15) is 0 Å². The predicted octanol–water partition coefficient (Wildman–Crippen LogP) is 10.9. The molecule has 0 spiro atoms. The van der Waals surface area contributed by atoms with Crippen molar-refractivity contribution >= 4 is 73.3 Å². The second kappa shape index (κ2) is 17.7. The minimum atomic E-state index is -0.578. The van der Waals surface area contributed by atoms with E-state index in [1.54, 1.807) is 14.0 Å². The van der Waals surface area contributed by atoms with E-state index in [0.29, 0.717) is 24.8 Å². The first-order chi connectivity index (χ1) is 29.6. The van der Waals surface area contributed by atoms with Crippen LogP contribution in [0.25, 0.3) is 55.5 Å². The first kappa shape index (κ1) is 42.0. The quantitative estimate of drug-likeness (QED) is 0.0810. The van der Waals surface area contributed by atoms with Crippen LogP contribution in [-0.4, -0.2) is 63.1 Å². The monoisotopic (exact) mass is 816 g/mol. The number of hydrogen-bond donors (Lipinski definition) is 0. The number of unbranched alkanes of at least 4 members (excludes halogenated alkanes) is 1. The van der Waals surface area contributed by atoms with Crippen LogP contribution in [0.4, 0.5) is 4.79 Å². The van der Waals surface area contributed by atoms with Gasteiger partial charge in [-0.25, -0.2) is 4.79 Å². The fourth-order valence-corrected chi connectivity index (χ4v) is 10.2. The van der Waals surface area contributed by atoms with Gasteiger partial charge in [0.25, 0.3) is 11.8 Å². The van der Waals surface area contributed by atoms with Crippen molar-refractivity contribution in [1.29, 1.82) is 0 Å². The molecule has 3 atom stereocenters. The van der Waals surface area contributed by atoms with Crippen LogP contribution in [-0.2, 0) is 14.3 Å². The molecule has 4 amide bonds. The summed E-state index contributed by atoms with van der Waals surface area (Å²) in [4.78, 5) is 46.3. The Bertz CT molecular complexity index is 2700. The maximum Gasteiger partial charge on any atom is 0.334 e. The minimum Gasteiger partial charge on any atom is -0.383 e. The van der Waals surface area contributed by atoms with Gasteiger partial charge in [0.05, 0.1) is 12.6 Å². The molecular weight excluding hydrogens is 757 g/mol. The molecule has 1 aliphatic carbocycles. The van der Waals surface area contributed by atoms with E-state index in [2.05, 4.69) is 134 Å². The molecule has 1 saturated carbocycles. The van der Waals surface area contributed by atoms with Crippen LogP contribution in [0.2, 0.25) is 0 Å². The van der Waals surface area contributed by atoms with Gasteiger partial charge in [0.1, 0.15) is 5.57 Å². The summed E-state index contributed by atoms with van der Waals surface area (Å²) in [5.74, 6) is -1.08. The molecule has 61 heavy (non-hydrogen) atoms. The van der Waals surface area contributed by atoms with Crippen LogP contribution in [0.15, 0.2) is 107 Å². The first-order valence-corrected chi connectivity index (χ1v) is 22.5. The number of hydrogen-bond acceptors (Lipinski definition) is 4. The number of carbonyl (C=O) groups is 3. The number of ether oxygens (including phenoxy) is 1. The molecular formula is C53H60N4O4. The van der Waals surface area contributed by atoms with Gasteiger partial charge in [0.15, 0.2) is 0 Å². The number of methoxy groups -OCH3 is 1. The molecule has 0 N–H and O–H groups in total. The second-order valence-corrected chi connectivity index (χ2v) is 17.2. The molecule has 316 valence electrons. The van der Waals surface area contributed by atoms with Gasteiger partial charge in [-0.05, 0) is 105 Å². The maximum atomic E-state index is 14.9. The van der Waals surface area contributed by atoms with Crippen LogP contribution in [0.1, 0.15) is 105 Å². The van der Waals surface area contributed by atoms with E-state index in [4.69, 9.17) is 4.74 Å². The lowest BCUT2D eigenvalue weighted by Crippen LogP contribution is -2.60. The summed E-state index contributed by atoms with van der Waals surface area (Å²) in [6.07, 6.45) is 15.6. The highest BCUT2D eigenvalue weighted by Gasteiger charge is 2.46. The molecule has 6 aromatic rings. The van der Waals surface area contributed by atoms with Gasteiger partial charge < -0.3 is 13.9 Å². The Labute approximate surface area is 359 Å². The van der Waals surface area contributed by atoms with Crippen molar-refractivity contribution in [1.82, 2.24) is 18.9 Å². The lowest BCUT2D eigenvalue weighted by Gasteiger charge is -2.37.